The van der Waals surface area contributed by atoms with E-state index < -0.39 is 5.97 Å². The first-order chi connectivity index (χ1) is 8.58. The van der Waals surface area contributed by atoms with Crippen molar-refractivity contribution in [1.82, 2.24) is 4.90 Å². The van der Waals surface area contributed by atoms with Crippen LogP contribution in [-0.4, -0.2) is 36.1 Å². The molecule has 1 aromatic carbocycles. The summed E-state index contributed by atoms with van der Waals surface area (Å²) in [6.45, 7) is 1.54. The second-order valence-corrected chi connectivity index (χ2v) is 5.04. The lowest BCUT2D eigenvalue weighted by atomic mass is 10.1. The summed E-state index contributed by atoms with van der Waals surface area (Å²) < 4.78 is 13.4. The van der Waals surface area contributed by atoms with Gasteiger partial charge >= 0.3 is 5.97 Å². The van der Waals surface area contributed by atoms with E-state index in [4.69, 9.17) is 5.11 Å². The number of rotatable bonds is 6. The van der Waals surface area contributed by atoms with E-state index in [-0.39, 0.29) is 17.7 Å². The third kappa shape index (κ3) is 3.29. The molecule has 0 radical (unpaired) electrons. The number of aliphatic carboxylic acids is 1. The lowest BCUT2D eigenvalue weighted by molar-refractivity contribution is -0.138. The SMILES string of the molecule is CN(CCc1ccccc1F)CC1CC1C(=O)O. The van der Waals surface area contributed by atoms with Crippen LogP contribution in [0.1, 0.15) is 12.0 Å². The minimum Gasteiger partial charge on any atom is -0.481 e. The molecule has 1 aliphatic carbocycles. The van der Waals surface area contributed by atoms with Crippen LogP contribution in [0.25, 0.3) is 0 Å². The Bertz CT molecular complexity index is 436. The van der Waals surface area contributed by atoms with Gasteiger partial charge in [-0.2, -0.15) is 0 Å². The summed E-state index contributed by atoms with van der Waals surface area (Å²) in [7, 11) is 1.96. The van der Waals surface area contributed by atoms with Crippen molar-refractivity contribution in [3.05, 3.63) is 35.6 Å². The van der Waals surface area contributed by atoms with Gasteiger partial charge < -0.3 is 10.0 Å². The summed E-state index contributed by atoms with van der Waals surface area (Å²) in [6.07, 6.45) is 1.44. The van der Waals surface area contributed by atoms with Crippen LogP contribution >= 0.6 is 0 Å². The standard InChI is InChI=1S/C14H18FNO2/c1-16(9-11-8-12(11)14(17)18)7-6-10-4-2-3-5-13(10)15/h2-5,11-12H,6-9H2,1H3,(H,17,18). The van der Waals surface area contributed by atoms with E-state index >= 15 is 0 Å². The van der Waals surface area contributed by atoms with Crippen LogP contribution in [0.3, 0.4) is 0 Å². The molecule has 0 aliphatic heterocycles. The first-order valence-corrected chi connectivity index (χ1v) is 6.22. The second kappa shape index (κ2) is 5.48. The van der Waals surface area contributed by atoms with Gasteiger partial charge in [-0.15, -0.1) is 0 Å². The number of carboxylic acids is 1. The molecule has 4 heteroatoms. The molecule has 1 N–H and O–H groups in total. The van der Waals surface area contributed by atoms with E-state index in [0.717, 1.165) is 25.1 Å². The van der Waals surface area contributed by atoms with Crippen LogP contribution in [0.4, 0.5) is 4.39 Å². The van der Waals surface area contributed by atoms with Crippen LogP contribution < -0.4 is 0 Å². The summed E-state index contributed by atoms with van der Waals surface area (Å²) in [4.78, 5) is 12.8. The molecule has 0 saturated heterocycles. The highest BCUT2D eigenvalue weighted by Crippen LogP contribution is 2.38. The molecule has 2 unspecified atom stereocenters. The number of nitrogens with zero attached hydrogens (tertiary/aromatic N) is 1. The molecule has 1 saturated carbocycles. The number of benzene rings is 1. The van der Waals surface area contributed by atoms with Gasteiger partial charge in [0.05, 0.1) is 5.92 Å². The summed E-state index contributed by atoms with van der Waals surface area (Å²) in [5, 5.41) is 8.81. The van der Waals surface area contributed by atoms with Gasteiger partial charge in [0.2, 0.25) is 0 Å². The third-order valence-corrected chi connectivity index (χ3v) is 3.51. The molecule has 0 spiro atoms. The minimum atomic E-state index is -0.692. The summed E-state index contributed by atoms with van der Waals surface area (Å²) in [6, 6.07) is 6.78. The highest BCUT2D eigenvalue weighted by molar-refractivity contribution is 5.73. The van der Waals surface area contributed by atoms with Crippen LogP contribution in [0.2, 0.25) is 0 Å². The van der Waals surface area contributed by atoms with E-state index in [1.54, 1.807) is 12.1 Å². The van der Waals surface area contributed by atoms with E-state index in [1.807, 2.05) is 13.1 Å². The predicted octanol–water partition coefficient (Wildman–Crippen LogP) is 2.02. The zero-order chi connectivity index (χ0) is 13.1. The van der Waals surface area contributed by atoms with Gasteiger partial charge in [-0.25, -0.2) is 4.39 Å². The summed E-state index contributed by atoms with van der Waals surface area (Å²) >= 11 is 0. The number of likely N-dealkylation sites (N-methyl/N-ethyl adjacent to an activating group) is 1. The summed E-state index contributed by atoms with van der Waals surface area (Å²) in [5.74, 6) is -0.753. The molecule has 1 fully saturated rings. The zero-order valence-electron chi connectivity index (χ0n) is 10.5. The van der Waals surface area contributed by atoms with Gasteiger partial charge in [-0.05, 0) is 37.4 Å². The van der Waals surface area contributed by atoms with Gasteiger partial charge in [0, 0.05) is 13.1 Å². The molecule has 98 valence electrons. The summed E-state index contributed by atoms with van der Waals surface area (Å²) in [5.41, 5.74) is 0.718. The van der Waals surface area contributed by atoms with E-state index in [2.05, 4.69) is 4.90 Å². The van der Waals surface area contributed by atoms with E-state index in [0.29, 0.717) is 6.42 Å². The van der Waals surface area contributed by atoms with Crippen LogP contribution in [0.15, 0.2) is 24.3 Å². The Kier molecular flexibility index (Phi) is 3.97. The maximum absolute atomic E-state index is 13.4. The quantitative estimate of drug-likeness (QED) is 0.841. The van der Waals surface area contributed by atoms with E-state index in [9.17, 15) is 9.18 Å². The molecule has 2 atom stereocenters. The average molecular weight is 251 g/mol. The number of halogens is 1. The molecule has 3 nitrogen and oxygen atoms in total. The lowest BCUT2D eigenvalue weighted by Gasteiger charge is -2.16. The Morgan fingerprint density at radius 3 is 2.83 bits per heavy atom. The first-order valence-electron chi connectivity index (χ1n) is 6.22. The molecule has 1 aliphatic rings. The normalized spacial score (nSPS) is 22.2. The Hall–Kier alpha value is -1.42. The maximum Gasteiger partial charge on any atom is 0.306 e. The second-order valence-electron chi connectivity index (χ2n) is 5.04. The fraction of sp³-hybridized carbons (Fsp3) is 0.500. The molecular weight excluding hydrogens is 233 g/mol. The number of hydrogen-bond donors (Lipinski definition) is 1. The van der Waals surface area contributed by atoms with Gasteiger partial charge in [0.15, 0.2) is 0 Å². The molecular formula is C14H18FNO2. The molecule has 1 aromatic rings. The monoisotopic (exact) mass is 251 g/mol. The predicted molar refractivity (Wildman–Crippen MR) is 66.8 cm³/mol. The number of carboxylic acid groups (broad SMARTS) is 1. The Balaban J connectivity index is 1.74. The molecule has 18 heavy (non-hydrogen) atoms. The van der Waals surface area contributed by atoms with Crippen molar-refractivity contribution < 1.29 is 14.3 Å². The highest BCUT2D eigenvalue weighted by Gasteiger charge is 2.43. The van der Waals surface area contributed by atoms with Crippen LogP contribution in [-0.2, 0) is 11.2 Å². The van der Waals surface area contributed by atoms with Crippen molar-refractivity contribution in [1.29, 1.82) is 0 Å². The number of carbonyl (C=O) groups is 1. The molecule has 2 rings (SSSR count). The molecule has 0 bridgehead atoms. The van der Waals surface area contributed by atoms with Crippen molar-refractivity contribution in [2.45, 2.75) is 12.8 Å². The van der Waals surface area contributed by atoms with Gasteiger partial charge in [-0.1, -0.05) is 18.2 Å². The highest BCUT2D eigenvalue weighted by atomic mass is 19.1. The lowest BCUT2D eigenvalue weighted by Crippen LogP contribution is -2.25. The smallest absolute Gasteiger partial charge is 0.306 e. The van der Waals surface area contributed by atoms with Crippen molar-refractivity contribution in [2.75, 3.05) is 20.1 Å². The number of hydrogen-bond acceptors (Lipinski definition) is 2. The fourth-order valence-electron chi connectivity index (χ4n) is 2.26. The average Bonchev–Trinajstić information content (AvgIpc) is 3.07. The van der Waals surface area contributed by atoms with Gasteiger partial charge in [0.25, 0.3) is 0 Å². The minimum absolute atomic E-state index is 0.166. The Morgan fingerprint density at radius 2 is 2.22 bits per heavy atom. The maximum atomic E-state index is 13.4. The largest absolute Gasteiger partial charge is 0.481 e. The van der Waals surface area contributed by atoms with Crippen molar-refractivity contribution in [3.8, 4) is 0 Å². The van der Waals surface area contributed by atoms with Crippen LogP contribution in [0, 0.1) is 17.7 Å². The van der Waals surface area contributed by atoms with Crippen LogP contribution in [0.5, 0.6) is 0 Å². The molecule has 0 amide bonds. The molecule has 0 heterocycles. The third-order valence-electron chi connectivity index (χ3n) is 3.51. The molecule has 0 aromatic heterocycles. The fourth-order valence-corrected chi connectivity index (χ4v) is 2.26. The Morgan fingerprint density at radius 1 is 1.50 bits per heavy atom. The topological polar surface area (TPSA) is 40.5 Å². The van der Waals surface area contributed by atoms with Gasteiger partial charge in [-0.3, -0.25) is 4.79 Å². The van der Waals surface area contributed by atoms with Gasteiger partial charge in [0.1, 0.15) is 5.82 Å². The zero-order valence-corrected chi connectivity index (χ0v) is 10.5. The Labute approximate surface area is 106 Å². The van der Waals surface area contributed by atoms with E-state index in [1.165, 1.54) is 6.07 Å². The first kappa shape index (κ1) is 13.0. The van der Waals surface area contributed by atoms with Crippen molar-refractivity contribution in [3.63, 3.8) is 0 Å². The van der Waals surface area contributed by atoms with Crippen molar-refractivity contribution >= 4 is 5.97 Å². The van der Waals surface area contributed by atoms with Crippen molar-refractivity contribution in [2.24, 2.45) is 11.8 Å².